The van der Waals surface area contributed by atoms with Gasteiger partial charge < -0.3 is 10.1 Å². The summed E-state index contributed by atoms with van der Waals surface area (Å²) >= 11 is 12.4. The lowest BCUT2D eigenvalue weighted by molar-refractivity contribution is 0.169. The Morgan fingerprint density at radius 3 is 2.61 bits per heavy atom. The quantitative estimate of drug-likeness (QED) is 0.908. The van der Waals surface area contributed by atoms with E-state index in [1.165, 1.54) is 0 Å². The SMILES string of the molecule is CNC(Cc1c(Cl)cccc1Cl)C1=CCCCO1. The number of likely N-dealkylation sites (N-methyl/N-ethyl adjacent to an activating group) is 1. The molecule has 1 heterocycles. The molecule has 0 spiro atoms. The number of hydrogen-bond donors (Lipinski definition) is 1. The summed E-state index contributed by atoms with van der Waals surface area (Å²) in [5.74, 6) is 1.000. The summed E-state index contributed by atoms with van der Waals surface area (Å²) in [6, 6.07) is 5.72. The minimum atomic E-state index is 0.127. The van der Waals surface area contributed by atoms with Crippen LogP contribution in [0.1, 0.15) is 18.4 Å². The van der Waals surface area contributed by atoms with Gasteiger partial charge in [0.15, 0.2) is 0 Å². The molecule has 1 unspecified atom stereocenters. The van der Waals surface area contributed by atoms with Crippen molar-refractivity contribution >= 4 is 23.2 Å². The maximum Gasteiger partial charge on any atom is 0.109 e. The summed E-state index contributed by atoms with van der Waals surface area (Å²) in [5.41, 5.74) is 0.968. The second-order valence-corrected chi connectivity index (χ2v) is 5.16. The van der Waals surface area contributed by atoms with Gasteiger partial charge in [0, 0.05) is 10.0 Å². The summed E-state index contributed by atoms with van der Waals surface area (Å²) in [6.07, 6.45) is 5.05. The molecule has 2 rings (SSSR count). The zero-order valence-electron chi connectivity index (χ0n) is 10.4. The average molecular weight is 286 g/mol. The van der Waals surface area contributed by atoms with Gasteiger partial charge in [-0.3, -0.25) is 0 Å². The molecule has 1 aliphatic rings. The molecule has 0 saturated carbocycles. The fourth-order valence-corrected chi connectivity index (χ4v) is 2.65. The van der Waals surface area contributed by atoms with Crippen molar-refractivity contribution in [3.05, 3.63) is 45.6 Å². The molecule has 4 heteroatoms. The van der Waals surface area contributed by atoms with Gasteiger partial charge in [-0.2, -0.15) is 0 Å². The lowest BCUT2D eigenvalue weighted by Crippen LogP contribution is -2.32. The minimum absolute atomic E-state index is 0.127. The lowest BCUT2D eigenvalue weighted by atomic mass is 10.0. The first-order valence-electron chi connectivity index (χ1n) is 6.15. The first kappa shape index (κ1) is 13.7. The summed E-state index contributed by atoms with van der Waals surface area (Å²) in [5, 5.41) is 4.68. The number of halogens is 2. The summed E-state index contributed by atoms with van der Waals surface area (Å²) in [7, 11) is 1.92. The van der Waals surface area contributed by atoms with E-state index < -0.39 is 0 Å². The molecule has 0 aliphatic carbocycles. The number of rotatable bonds is 4. The van der Waals surface area contributed by atoms with E-state index in [0.29, 0.717) is 10.0 Å². The summed E-state index contributed by atoms with van der Waals surface area (Å²) < 4.78 is 5.70. The van der Waals surface area contributed by atoms with Crippen molar-refractivity contribution in [2.45, 2.75) is 25.3 Å². The molecule has 1 aromatic rings. The van der Waals surface area contributed by atoms with Crippen molar-refractivity contribution in [2.75, 3.05) is 13.7 Å². The first-order chi connectivity index (χ1) is 8.72. The second-order valence-electron chi connectivity index (χ2n) is 4.34. The van der Waals surface area contributed by atoms with E-state index in [4.69, 9.17) is 27.9 Å². The molecule has 98 valence electrons. The molecule has 0 radical (unpaired) electrons. The normalized spacial score (nSPS) is 16.9. The van der Waals surface area contributed by atoms with Crippen molar-refractivity contribution < 1.29 is 4.74 Å². The molecule has 1 atom stereocenters. The Labute approximate surface area is 118 Å². The molecule has 18 heavy (non-hydrogen) atoms. The summed E-state index contributed by atoms with van der Waals surface area (Å²) in [6.45, 7) is 0.792. The van der Waals surface area contributed by atoms with Gasteiger partial charge in [0.2, 0.25) is 0 Å². The largest absolute Gasteiger partial charge is 0.497 e. The van der Waals surface area contributed by atoms with Crippen LogP contribution in [0.15, 0.2) is 30.0 Å². The zero-order valence-corrected chi connectivity index (χ0v) is 11.9. The molecule has 0 fully saturated rings. The van der Waals surface area contributed by atoms with Gasteiger partial charge in [-0.15, -0.1) is 0 Å². The van der Waals surface area contributed by atoms with E-state index in [1.54, 1.807) is 0 Å². The number of nitrogens with one attached hydrogen (secondary N) is 1. The van der Waals surface area contributed by atoms with E-state index in [0.717, 1.165) is 37.2 Å². The Balaban J connectivity index is 2.17. The fraction of sp³-hybridized carbons (Fsp3) is 0.429. The van der Waals surface area contributed by atoms with Gasteiger partial charge in [-0.05, 0) is 50.1 Å². The van der Waals surface area contributed by atoms with Crippen LogP contribution in [-0.4, -0.2) is 19.7 Å². The highest BCUT2D eigenvalue weighted by atomic mass is 35.5. The van der Waals surface area contributed by atoms with Crippen LogP contribution in [0, 0.1) is 0 Å². The van der Waals surface area contributed by atoms with Gasteiger partial charge in [0.1, 0.15) is 5.76 Å². The van der Waals surface area contributed by atoms with Gasteiger partial charge >= 0.3 is 0 Å². The second kappa shape index (κ2) is 6.46. The van der Waals surface area contributed by atoms with Gasteiger partial charge in [0.25, 0.3) is 0 Å². The van der Waals surface area contributed by atoms with Crippen LogP contribution in [0.25, 0.3) is 0 Å². The predicted octanol–water partition coefficient (Wildman–Crippen LogP) is 3.82. The summed E-state index contributed by atoms with van der Waals surface area (Å²) in [4.78, 5) is 0. The maximum absolute atomic E-state index is 6.20. The number of ether oxygens (including phenoxy) is 1. The predicted molar refractivity (Wildman–Crippen MR) is 76.3 cm³/mol. The first-order valence-corrected chi connectivity index (χ1v) is 6.91. The van der Waals surface area contributed by atoms with Crippen molar-refractivity contribution in [3.8, 4) is 0 Å². The van der Waals surface area contributed by atoms with Gasteiger partial charge in [0.05, 0.1) is 12.6 Å². The van der Waals surface area contributed by atoms with Crippen molar-refractivity contribution in [2.24, 2.45) is 0 Å². The Kier molecular flexibility index (Phi) is 4.93. The Morgan fingerprint density at radius 1 is 1.33 bits per heavy atom. The topological polar surface area (TPSA) is 21.3 Å². The van der Waals surface area contributed by atoms with Crippen LogP contribution in [0.4, 0.5) is 0 Å². The van der Waals surface area contributed by atoms with Crippen LogP contribution in [0.5, 0.6) is 0 Å². The highest BCUT2D eigenvalue weighted by Gasteiger charge is 2.19. The maximum atomic E-state index is 6.20. The third-order valence-corrected chi connectivity index (χ3v) is 3.83. The highest BCUT2D eigenvalue weighted by Crippen LogP contribution is 2.27. The van der Waals surface area contributed by atoms with Crippen LogP contribution in [0.2, 0.25) is 10.0 Å². The Bertz CT molecular complexity index is 425. The highest BCUT2D eigenvalue weighted by molar-refractivity contribution is 6.36. The molecule has 2 nitrogen and oxygen atoms in total. The Morgan fingerprint density at radius 2 is 2.06 bits per heavy atom. The number of allylic oxidation sites excluding steroid dienone is 1. The molecule has 0 amide bonds. The molecular formula is C14H17Cl2NO. The molecule has 1 N–H and O–H groups in total. The van der Waals surface area contributed by atoms with Gasteiger partial charge in [-0.25, -0.2) is 0 Å². The van der Waals surface area contributed by atoms with E-state index in [9.17, 15) is 0 Å². The lowest BCUT2D eigenvalue weighted by Gasteiger charge is -2.24. The van der Waals surface area contributed by atoms with E-state index in [-0.39, 0.29) is 6.04 Å². The van der Waals surface area contributed by atoms with E-state index >= 15 is 0 Å². The standard InChI is InChI=1S/C14H17Cl2NO/c1-17-13(14-7-2-3-8-18-14)9-10-11(15)5-4-6-12(10)16/h4-7,13,17H,2-3,8-9H2,1H3. The van der Waals surface area contributed by atoms with Crippen LogP contribution in [0.3, 0.4) is 0 Å². The van der Waals surface area contributed by atoms with Crippen LogP contribution >= 0.6 is 23.2 Å². The molecule has 0 aromatic heterocycles. The molecule has 0 saturated heterocycles. The third-order valence-electron chi connectivity index (χ3n) is 3.12. The molecule has 1 aliphatic heterocycles. The average Bonchev–Trinajstić information content (AvgIpc) is 2.40. The molecule has 0 bridgehead atoms. The number of hydrogen-bond acceptors (Lipinski definition) is 2. The monoisotopic (exact) mass is 285 g/mol. The van der Waals surface area contributed by atoms with E-state index in [2.05, 4.69) is 11.4 Å². The Hall–Kier alpha value is -0.700. The third kappa shape index (κ3) is 3.19. The number of benzene rings is 1. The minimum Gasteiger partial charge on any atom is -0.497 e. The van der Waals surface area contributed by atoms with Crippen LogP contribution in [-0.2, 0) is 11.2 Å². The molecule has 1 aromatic carbocycles. The van der Waals surface area contributed by atoms with E-state index in [1.807, 2.05) is 25.2 Å². The van der Waals surface area contributed by atoms with Crippen molar-refractivity contribution in [1.82, 2.24) is 5.32 Å². The van der Waals surface area contributed by atoms with Crippen molar-refractivity contribution in [3.63, 3.8) is 0 Å². The fourth-order valence-electron chi connectivity index (χ4n) is 2.10. The zero-order chi connectivity index (χ0) is 13.0. The smallest absolute Gasteiger partial charge is 0.109 e. The van der Waals surface area contributed by atoms with Gasteiger partial charge in [-0.1, -0.05) is 29.3 Å². The van der Waals surface area contributed by atoms with Crippen molar-refractivity contribution in [1.29, 1.82) is 0 Å². The molecular weight excluding hydrogens is 269 g/mol. The van der Waals surface area contributed by atoms with Crippen LogP contribution < -0.4 is 5.32 Å².